The Morgan fingerprint density at radius 3 is 2.63 bits per heavy atom. The van der Waals surface area contributed by atoms with E-state index in [4.69, 9.17) is 0 Å². The van der Waals surface area contributed by atoms with Crippen LogP contribution in [0.5, 0.6) is 0 Å². The predicted molar refractivity (Wildman–Crippen MR) is 75.8 cm³/mol. The summed E-state index contributed by atoms with van der Waals surface area (Å²) in [6.07, 6.45) is 2.83. The van der Waals surface area contributed by atoms with Crippen molar-refractivity contribution in [3.63, 3.8) is 0 Å². The minimum atomic E-state index is -0.770. The quantitative estimate of drug-likeness (QED) is 0.875. The van der Waals surface area contributed by atoms with Gasteiger partial charge in [0.15, 0.2) is 0 Å². The van der Waals surface area contributed by atoms with E-state index in [1.54, 1.807) is 0 Å². The van der Waals surface area contributed by atoms with Crippen molar-refractivity contribution in [1.29, 1.82) is 0 Å². The average molecular weight is 261 g/mol. The van der Waals surface area contributed by atoms with Crippen LogP contribution in [0.4, 0.5) is 0 Å². The highest BCUT2D eigenvalue weighted by atomic mass is 16.4. The molecule has 1 fully saturated rings. The van der Waals surface area contributed by atoms with E-state index in [1.807, 2.05) is 30.3 Å². The van der Waals surface area contributed by atoms with Gasteiger partial charge in [-0.15, -0.1) is 0 Å². The highest BCUT2D eigenvalue weighted by Gasteiger charge is 2.46. The number of hydrogen-bond acceptors (Lipinski definition) is 2. The van der Waals surface area contributed by atoms with Gasteiger partial charge in [0.2, 0.25) is 0 Å². The summed E-state index contributed by atoms with van der Waals surface area (Å²) in [4.78, 5) is 11.8. The summed E-state index contributed by atoms with van der Waals surface area (Å²) < 4.78 is 0. The number of rotatable bonds is 4. The first-order valence-electron chi connectivity index (χ1n) is 7.07. The van der Waals surface area contributed by atoms with Crippen LogP contribution in [0.15, 0.2) is 30.3 Å². The number of carboxylic acid groups (broad SMARTS) is 1. The molecule has 0 aromatic heterocycles. The molecule has 1 aliphatic rings. The monoisotopic (exact) mass is 261 g/mol. The largest absolute Gasteiger partial charge is 0.480 e. The molecule has 3 unspecified atom stereocenters. The molecule has 0 amide bonds. The molecule has 0 radical (unpaired) electrons. The third kappa shape index (κ3) is 2.98. The zero-order valence-corrected chi connectivity index (χ0v) is 11.7. The van der Waals surface area contributed by atoms with E-state index in [1.165, 1.54) is 0 Å². The van der Waals surface area contributed by atoms with Gasteiger partial charge in [-0.05, 0) is 30.2 Å². The Bertz CT molecular complexity index is 432. The molecule has 1 aliphatic carbocycles. The molecule has 1 aromatic carbocycles. The third-order valence-electron chi connectivity index (χ3n) is 4.44. The summed E-state index contributed by atoms with van der Waals surface area (Å²) in [6.45, 7) is 4.82. The van der Waals surface area contributed by atoms with Crippen molar-refractivity contribution < 1.29 is 9.90 Å². The van der Waals surface area contributed by atoms with Crippen LogP contribution in [-0.4, -0.2) is 16.6 Å². The number of nitrogens with one attached hydrogen (secondary N) is 1. The van der Waals surface area contributed by atoms with Crippen LogP contribution in [0.3, 0.4) is 0 Å². The first-order valence-corrected chi connectivity index (χ1v) is 7.07. The van der Waals surface area contributed by atoms with Crippen molar-refractivity contribution in [3.8, 4) is 0 Å². The van der Waals surface area contributed by atoms with E-state index in [2.05, 4.69) is 19.2 Å². The summed E-state index contributed by atoms with van der Waals surface area (Å²) in [5.74, 6) is -0.0667. The van der Waals surface area contributed by atoms with E-state index in [0.29, 0.717) is 12.5 Å². The van der Waals surface area contributed by atoms with Gasteiger partial charge in [-0.3, -0.25) is 10.1 Å². The van der Waals surface area contributed by atoms with E-state index in [-0.39, 0.29) is 5.92 Å². The first kappa shape index (κ1) is 14.1. The lowest BCUT2D eigenvalue weighted by Gasteiger charge is -2.42. The average Bonchev–Trinajstić information content (AvgIpc) is 2.41. The van der Waals surface area contributed by atoms with Crippen molar-refractivity contribution in [2.75, 3.05) is 0 Å². The van der Waals surface area contributed by atoms with Crippen LogP contribution in [-0.2, 0) is 11.3 Å². The molecule has 3 nitrogen and oxygen atoms in total. The number of benzene rings is 1. The number of hydrogen-bond donors (Lipinski definition) is 2. The Morgan fingerprint density at radius 2 is 2.00 bits per heavy atom. The Morgan fingerprint density at radius 1 is 1.32 bits per heavy atom. The molecule has 0 aliphatic heterocycles. The molecular formula is C16H23NO2. The molecule has 3 atom stereocenters. The molecule has 1 aromatic rings. The lowest BCUT2D eigenvalue weighted by molar-refractivity contribution is -0.150. The Kier molecular flexibility index (Phi) is 4.25. The van der Waals surface area contributed by atoms with Gasteiger partial charge in [-0.25, -0.2) is 0 Å². The van der Waals surface area contributed by atoms with Crippen LogP contribution < -0.4 is 5.32 Å². The molecule has 0 bridgehead atoms. The molecule has 3 heteroatoms. The molecule has 2 N–H and O–H groups in total. The molecule has 0 heterocycles. The Balaban J connectivity index is 2.13. The highest BCUT2D eigenvalue weighted by Crippen LogP contribution is 2.37. The predicted octanol–water partition coefficient (Wildman–Crippen LogP) is 3.06. The minimum Gasteiger partial charge on any atom is -0.480 e. The fraction of sp³-hybridized carbons (Fsp3) is 0.562. The second-order valence-electron chi connectivity index (χ2n) is 5.90. The van der Waals surface area contributed by atoms with Gasteiger partial charge in [0, 0.05) is 6.54 Å². The van der Waals surface area contributed by atoms with E-state index >= 15 is 0 Å². The summed E-state index contributed by atoms with van der Waals surface area (Å²) in [5.41, 5.74) is 0.363. The molecule has 104 valence electrons. The summed E-state index contributed by atoms with van der Waals surface area (Å²) in [5, 5.41) is 13.0. The number of carboxylic acids is 1. The second-order valence-corrected chi connectivity index (χ2v) is 5.90. The fourth-order valence-electron chi connectivity index (χ4n) is 3.11. The van der Waals surface area contributed by atoms with E-state index in [0.717, 1.165) is 24.8 Å². The van der Waals surface area contributed by atoms with Crippen LogP contribution in [0.2, 0.25) is 0 Å². The molecule has 2 rings (SSSR count). The van der Waals surface area contributed by atoms with Gasteiger partial charge in [-0.2, -0.15) is 0 Å². The summed E-state index contributed by atoms with van der Waals surface area (Å²) in [7, 11) is 0. The van der Waals surface area contributed by atoms with Crippen molar-refractivity contribution in [1.82, 2.24) is 5.32 Å². The molecule has 1 saturated carbocycles. The van der Waals surface area contributed by atoms with Crippen molar-refractivity contribution >= 4 is 5.97 Å². The van der Waals surface area contributed by atoms with Gasteiger partial charge >= 0.3 is 5.97 Å². The normalized spacial score (nSPS) is 31.1. The number of carbonyl (C=O) groups is 1. The molecular weight excluding hydrogens is 238 g/mol. The molecule has 0 spiro atoms. The molecule has 19 heavy (non-hydrogen) atoms. The van der Waals surface area contributed by atoms with Gasteiger partial charge in [0.25, 0.3) is 0 Å². The van der Waals surface area contributed by atoms with Crippen LogP contribution in [0.25, 0.3) is 0 Å². The SMILES string of the molecule is CC1CCC(C)C(NCc2ccccc2)(C(=O)O)C1. The topological polar surface area (TPSA) is 49.3 Å². The van der Waals surface area contributed by atoms with E-state index < -0.39 is 11.5 Å². The number of aliphatic carboxylic acids is 1. The highest BCUT2D eigenvalue weighted by molar-refractivity contribution is 5.79. The minimum absolute atomic E-state index is 0.171. The van der Waals surface area contributed by atoms with E-state index in [9.17, 15) is 9.90 Å². The fourth-order valence-corrected chi connectivity index (χ4v) is 3.11. The lowest BCUT2D eigenvalue weighted by Crippen LogP contribution is -2.59. The lowest BCUT2D eigenvalue weighted by atomic mass is 9.69. The van der Waals surface area contributed by atoms with Crippen LogP contribution >= 0.6 is 0 Å². The maximum Gasteiger partial charge on any atom is 0.324 e. The molecule has 0 saturated heterocycles. The third-order valence-corrected chi connectivity index (χ3v) is 4.44. The standard InChI is InChI=1S/C16H23NO2/c1-12-8-9-13(2)16(10-12,15(18)19)17-11-14-6-4-3-5-7-14/h3-7,12-13,17H,8-11H2,1-2H3,(H,18,19). The van der Waals surface area contributed by atoms with Gasteiger partial charge in [-0.1, -0.05) is 50.6 Å². The Labute approximate surface area is 115 Å². The van der Waals surface area contributed by atoms with Crippen LogP contribution in [0.1, 0.15) is 38.7 Å². The second kappa shape index (κ2) is 5.74. The maximum atomic E-state index is 11.8. The van der Waals surface area contributed by atoms with Crippen molar-refractivity contribution in [2.24, 2.45) is 11.8 Å². The van der Waals surface area contributed by atoms with Crippen LogP contribution in [0, 0.1) is 11.8 Å². The Hall–Kier alpha value is -1.35. The maximum absolute atomic E-state index is 11.8. The van der Waals surface area contributed by atoms with Crippen molar-refractivity contribution in [3.05, 3.63) is 35.9 Å². The first-order chi connectivity index (χ1) is 9.04. The summed E-state index contributed by atoms with van der Waals surface area (Å²) >= 11 is 0. The summed E-state index contributed by atoms with van der Waals surface area (Å²) in [6, 6.07) is 10.00. The van der Waals surface area contributed by atoms with Gasteiger partial charge in [0.1, 0.15) is 5.54 Å². The zero-order valence-electron chi connectivity index (χ0n) is 11.7. The van der Waals surface area contributed by atoms with Gasteiger partial charge in [0.05, 0.1) is 0 Å². The van der Waals surface area contributed by atoms with Gasteiger partial charge < -0.3 is 5.11 Å². The zero-order chi connectivity index (χ0) is 13.9. The smallest absolute Gasteiger partial charge is 0.324 e. The van der Waals surface area contributed by atoms with Crippen molar-refractivity contribution in [2.45, 2.75) is 45.2 Å².